The molecule has 2 nitrogen and oxygen atoms in total. The Kier molecular flexibility index (Phi) is 3.66. The van der Waals surface area contributed by atoms with E-state index in [1.54, 1.807) is 0 Å². The summed E-state index contributed by atoms with van der Waals surface area (Å²) < 4.78 is 5.65. The number of ether oxygens (including phenoxy) is 1. The Bertz CT molecular complexity index is 477. The van der Waals surface area contributed by atoms with Crippen LogP contribution in [-0.2, 0) is 6.42 Å². The van der Waals surface area contributed by atoms with Gasteiger partial charge in [0.15, 0.2) is 0 Å². The highest BCUT2D eigenvalue weighted by Crippen LogP contribution is 2.13. The Morgan fingerprint density at radius 2 is 1.82 bits per heavy atom. The van der Waals surface area contributed by atoms with Gasteiger partial charge >= 0.3 is 0 Å². The van der Waals surface area contributed by atoms with Crippen LogP contribution in [0.4, 0.5) is 5.69 Å². The van der Waals surface area contributed by atoms with E-state index < -0.39 is 0 Å². The average molecular weight is 227 g/mol. The van der Waals surface area contributed by atoms with Gasteiger partial charge in [-0.1, -0.05) is 29.8 Å². The lowest BCUT2D eigenvalue weighted by atomic mass is 10.1. The smallest absolute Gasteiger partial charge is 0.119 e. The summed E-state index contributed by atoms with van der Waals surface area (Å²) in [5.74, 6) is 0.867. The molecular formula is C15H17NO. The van der Waals surface area contributed by atoms with Crippen molar-refractivity contribution in [3.8, 4) is 5.75 Å². The number of aryl methyl sites for hydroxylation is 1. The highest BCUT2D eigenvalue weighted by molar-refractivity contribution is 5.41. The van der Waals surface area contributed by atoms with Gasteiger partial charge in [0.1, 0.15) is 5.75 Å². The molecule has 88 valence electrons. The molecule has 0 bridgehead atoms. The molecule has 0 saturated carbocycles. The van der Waals surface area contributed by atoms with Crippen LogP contribution >= 0.6 is 0 Å². The van der Waals surface area contributed by atoms with Crippen LogP contribution in [-0.4, -0.2) is 6.61 Å². The van der Waals surface area contributed by atoms with Crippen LogP contribution in [0.15, 0.2) is 48.5 Å². The third-order valence-electron chi connectivity index (χ3n) is 2.62. The molecule has 0 saturated heterocycles. The van der Waals surface area contributed by atoms with Crippen LogP contribution in [0.2, 0.25) is 0 Å². The van der Waals surface area contributed by atoms with Gasteiger partial charge in [0.05, 0.1) is 6.61 Å². The van der Waals surface area contributed by atoms with Gasteiger partial charge in [-0.25, -0.2) is 0 Å². The minimum Gasteiger partial charge on any atom is -0.493 e. The number of nitrogens with two attached hydrogens (primary N) is 1. The van der Waals surface area contributed by atoms with Crippen LogP contribution < -0.4 is 10.5 Å². The van der Waals surface area contributed by atoms with Crippen molar-refractivity contribution in [1.29, 1.82) is 0 Å². The fraction of sp³-hybridized carbons (Fsp3) is 0.200. The van der Waals surface area contributed by atoms with E-state index in [1.807, 2.05) is 24.3 Å². The predicted octanol–water partition coefficient (Wildman–Crippen LogP) is 3.20. The largest absolute Gasteiger partial charge is 0.493 e. The first-order chi connectivity index (χ1) is 8.24. The van der Waals surface area contributed by atoms with Crippen LogP contribution in [0.25, 0.3) is 0 Å². The molecule has 2 rings (SSSR count). The third kappa shape index (κ3) is 3.52. The van der Waals surface area contributed by atoms with E-state index in [2.05, 4.69) is 31.2 Å². The van der Waals surface area contributed by atoms with E-state index in [0.29, 0.717) is 6.61 Å². The fourth-order valence-corrected chi connectivity index (χ4v) is 1.72. The molecule has 0 heterocycles. The first-order valence-corrected chi connectivity index (χ1v) is 5.78. The molecule has 2 aromatic carbocycles. The monoisotopic (exact) mass is 227 g/mol. The first-order valence-electron chi connectivity index (χ1n) is 5.78. The van der Waals surface area contributed by atoms with Gasteiger partial charge in [0, 0.05) is 12.1 Å². The molecule has 0 aliphatic carbocycles. The normalized spacial score (nSPS) is 10.2. The van der Waals surface area contributed by atoms with Crippen LogP contribution in [0.1, 0.15) is 11.1 Å². The summed E-state index contributed by atoms with van der Waals surface area (Å²) in [4.78, 5) is 0. The van der Waals surface area contributed by atoms with Crippen molar-refractivity contribution in [2.75, 3.05) is 12.3 Å². The van der Waals surface area contributed by atoms with Gasteiger partial charge in [0.2, 0.25) is 0 Å². The summed E-state index contributed by atoms with van der Waals surface area (Å²) in [6, 6.07) is 16.0. The molecule has 0 spiro atoms. The molecule has 0 fully saturated rings. The van der Waals surface area contributed by atoms with Crippen molar-refractivity contribution in [3.05, 3.63) is 59.7 Å². The van der Waals surface area contributed by atoms with Crippen LogP contribution in [0, 0.1) is 6.92 Å². The summed E-state index contributed by atoms with van der Waals surface area (Å²) in [7, 11) is 0. The molecule has 0 radical (unpaired) electrons. The lowest BCUT2D eigenvalue weighted by molar-refractivity contribution is 0.322. The molecule has 2 heteroatoms. The zero-order valence-corrected chi connectivity index (χ0v) is 10.0. The summed E-state index contributed by atoms with van der Waals surface area (Å²) in [5, 5.41) is 0. The summed E-state index contributed by atoms with van der Waals surface area (Å²) in [6.07, 6.45) is 0.923. The van der Waals surface area contributed by atoms with Gasteiger partial charge in [-0.2, -0.15) is 0 Å². The number of rotatable bonds is 4. The molecule has 0 atom stereocenters. The van der Waals surface area contributed by atoms with E-state index in [4.69, 9.17) is 10.5 Å². The van der Waals surface area contributed by atoms with Crippen LogP contribution in [0.5, 0.6) is 5.75 Å². The van der Waals surface area contributed by atoms with E-state index in [1.165, 1.54) is 11.1 Å². The standard InChI is InChI=1S/C15H17NO/c1-12-3-2-4-13(11-12)9-10-17-15-7-5-14(16)6-8-15/h2-8,11H,9-10,16H2,1H3. The number of anilines is 1. The van der Waals surface area contributed by atoms with Gasteiger partial charge in [-0.05, 0) is 36.8 Å². The zero-order chi connectivity index (χ0) is 12.1. The maximum Gasteiger partial charge on any atom is 0.119 e. The predicted molar refractivity (Wildman–Crippen MR) is 71.2 cm³/mol. The Hall–Kier alpha value is -1.96. The fourth-order valence-electron chi connectivity index (χ4n) is 1.72. The quantitative estimate of drug-likeness (QED) is 0.814. The molecule has 0 unspecified atom stereocenters. The molecule has 17 heavy (non-hydrogen) atoms. The second kappa shape index (κ2) is 5.39. The molecule has 0 aromatic heterocycles. The topological polar surface area (TPSA) is 35.2 Å². The van der Waals surface area contributed by atoms with E-state index >= 15 is 0 Å². The molecule has 0 amide bonds. The highest BCUT2D eigenvalue weighted by atomic mass is 16.5. The molecule has 0 aliphatic rings. The highest BCUT2D eigenvalue weighted by Gasteiger charge is 1.96. The van der Waals surface area contributed by atoms with Gasteiger partial charge < -0.3 is 10.5 Å². The number of hydrogen-bond acceptors (Lipinski definition) is 2. The summed E-state index contributed by atoms with van der Waals surface area (Å²) in [5.41, 5.74) is 8.96. The number of benzene rings is 2. The molecule has 2 N–H and O–H groups in total. The van der Waals surface area contributed by atoms with Gasteiger partial charge in [-0.3, -0.25) is 0 Å². The maximum atomic E-state index is 5.65. The third-order valence-corrected chi connectivity index (χ3v) is 2.62. The lowest BCUT2D eigenvalue weighted by Crippen LogP contribution is -2.01. The molecule has 2 aromatic rings. The maximum absolute atomic E-state index is 5.65. The first kappa shape index (κ1) is 11.5. The minimum absolute atomic E-state index is 0.688. The van der Waals surface area contributed by atoms with E-state index in [0.717, 1.165) is 17.9 Å². The van der Waals surface area contributed by atoms with E-state index in [9.17, 15) is 0 Å². The van der Waals surface area contributed by atoms with Crippen molar-refractivity contribution in [3.63, 3.8) is 0 Å². The Labute approximate surface area is 102 Å². The Morgan fingerprint density at radius 3 is 2.53 bits per heavy atom. The van der Waals surface area contributed by atoms with Gasteiger partial charge in [-0.15, -0.1) is 0 Å². The molecular weight excluding hydrogens is 210 g/mol. The Morgan fingerprint density at radius 1 is 1.06 bits per heavy atom. The average Bonchev–Trinajstić information content (AvgIpc) is 2.32. The number of nitrogen functional groups attached to an aromatic ring is 1. The van der Waals surface area contributed by atoms with Crippen LogP contribution in [0.3, 0.4) is 0 Å². The van der Waals surface area contributed by atoms with Crippen molar-refractivity contribution >= 4 is 5.69 Å². The van der Waals surface area contributed by atoms with Crippen molar-refractivity contribution < 1.29 is 4.74 Å². The summed E-state index contributed by atoms with van der Waals surface area (Å²) in [6.45, 7) is 2.79. The van der Waals surface area contributed by atoms with E-state index in [-0.39, 0.29) is 0 Å². The lowest BCUT2D eigenvalue weighted by Gasteiger charge is -2.06. The van der Waals surface area contributed by atoms with Crippen molar-refractivity contribution in [2.45, 2.75) is 13.3 Å². The zero-order valence-electron chi connectivity index (χ0n) is 10.0. The second-order valence-corrected chi connectivity index (χ2v) is 4.16. The minimum atomic E-state index is 0.688. The molecule has 0 aliphatic heterocycles. The summed E-state index contributed by atoms with van der Waals surface area (Å²) >= 11 is 0. The van der Waals surface area contributed by atoms with Crippen molar-refractivity contribution in [1.82, 2.24) is 0 Å². The van der Waals surface area contributed by atoms with Crippen molar-refractivity contribution in [2.24, 2.45) is 0 Å². The second-order valence-electron chi connectivity index (χ2n) is 4.16. The van der Waals surface area contributed by atoms with Gasteiger partial charge in [0.25, 0.3) is 0 Å². The Balaban J connectivity index is 1.85. The number of hydrogen-bond donors (Lipinski definition) is 1. The SMILES string of the molecule is Cc1cccc(CCOc2ccc(N)cc2)c1.